The zero-order valence-electron chi connectivity index (χ0n) is 14.1. The quantitative estimate of drug-likeness (QED) is 0.410. The van der Waals surface area contributed by atoms with E-state index in [0.29, 0.717) is 21.5 Å². The maximum atomic E-state index is 13.5. The molecule has 0 amide bonds. The van der Waals surface area contributed by atoms with Crippen LogP contribution in [0.4, 0.5) is 14.5 Å². The van der Waals surface area contributed by atoms with Gasteiger partial charge in [-0.15, -0.1) is 0 Å². The van der Waals surface area contributed by atoms with Gasteiger partial charge in [0.2, 0.25) is 0 Å². The molecule has 134 valence electrons. The molecule has 0 unspecified atom stereocenters. The van der Waals surface area contributed by atoms with Crippen LogP contribution < -0.4 is 4.74 Å². The van der Waals surface area contributed by atoms with Crippen LogP contribution in [0.2, 0.25) is 10.0 Å². The number of nitrogens with zero attached hydrogens (tertiary/aromatic N) is 2. The van der Waals surface area contributed by atoms with Crippen molar-refractivity contribution in [1.82, 2.24) is 4.90 Å². The number of rotatable bonds is 6. The Kier molecular flexibility index (Phi) is 6.62. The fourth-order valence-corrected chi connectivity index (χ4v) is 2.28. The Balaban J connectivity index is 2.39. The van der Waals surface area contributed by atoms with E-state index in [2.05, 4.69) is 4.99 Å². The molecule has 7 heteroatoms. The highest BCUT2D eigenvalue weighted by atomic mass is 35.5. The molecule has 0 aromatic heterocycles. The molecular formula is C18H18Cl2F2N2O. The molecule has 0 N–H and O–H groups in total. The third-order valence-corrected chi connectivity index (χ3v) is 4.31. The topological polar surface area (TPSA) is 24.8 Å². The van der Waals surface area contributed by atoms with Gasteiger partial charge in [-0.25, -0.2) is 13.8 Å². The summed E-state index contributed by atoms with van der Waals surface area (Å²) in [4.78, 5) is 6.12. The molecule has 0 saturated heterocycles. The molecule has 0 atom stereocenters. The van der Waals surface area contributed by atoms with Crippen LogP contribution in [0.1, 0.15) is 24.5 Å². The summed E-state index contributed by atoms with van der Waals surface area (Å²) in [5, 5.41) is 0.655. The fourth-order valence-electron chi connectivity index (χ4n) is 1.99. The van der Waals surface area contributed by atoms with Gasteiger partial charge in [0.1, 0.15) is 11.5 Å². The van der Waals surface area contributed by atoms with Crippen molar-refractivity contribution in [3.05, 3.63) is 51.5 Å². The zero-order chi connectivity index (χ0) is 18.6. The lowest BCUT2D eigenvalue weighted by Gasteiger charge is -2.14. The minimum atomic E-state index is -2.70. The summed E-state index contributed by atoms with van der Waals surface area (Å²) in [6, 6.07) is 7.49. The summed E-state index contributed by atoms with van der Waals surface area (Å²) >= 11 is 11.8. The van der Waals surface area contributed by atoms with E-state index in [1.54, 1.807) is 31.5 Å². The lowest BCUT2D eigenvalue weighted by molar-refractivity contribution is 0.148. The third-order valence-electron chi connectivity index (χ3n) is 3.58. The number of aliphatic imine (C=N–C) groups is 1. The van der Waals surface area contributed by atoms with Gasteiger partial charge in [-0.3, -0.25) is 0 Å². The summed E-state index contributed by atoms with van der Waals surface area (Å²) in [5.41, 5.74) is 0.959. The van der Waals surface area contributed by atoms with Crippen LogP contribution in [0.3, 0.4) is 0 Å². The third kappa shape index (κ3) is 5.06. The number of aryl methyl sites for hydroxylation is 1. The first kappa shape index (κ1) is 19.5. The van der Waals surface area contributed by atoms with E-state index in [9.17, 15) is 8.78 Å². The minimum Gasteiger partial charge on any atom is -0.457 e. The zero-order valence-corrected chi connectivity index (χ0v) is 15.6. The molecule has 0 aliphatic carbocycles. The first-order chi connectivity index (χ1) is 11.8. The molecule has 0 bridgehead atoms. The second kappa shape index (κ2) is 8.50. The smallest absolute Gasteiger partial charge is 0.267 e. The monoisotopic (exact) mass is 386 g/mol. The Hall–Kier alpha value is -1.85. The van der Waals surface area contributed by atoms with Gasteiger partial charge in [0.05, 0.1) is 27.6 Å². The Morgan fingerprint density at radius 2 is 1.92 bits per heavy atom. The highest BCUT2D eigenvalue weighted by Gasteiger charge is 2.18. The van der Waals surface area contributed by atoms with Crippen molar-refractivity contribution < 1.29 is 13.5 Å². The van der Waals surface area contributed by atoms with Crippen molar-refractivity contribution >= 4 is 35.2 Å². The van der Waals surface area contributed by atoms with Crippen molar-refractivity contribution in [2.75, 3.05) is 13.6 Å². The highest BCUT2D eigenvalue weighted by molar-refractivity contribution is 6.42. The largest absolute Gasteiger partial charge is 0.457 e. The molecule has 0 aliphatic heterocycles. The molecule has 3 nitrogen and oxygen atoms in total. The van der Waals surface area contributed by atoms with E-state index in [0.717, 1.165) is 12.1 Å². The first-order valence-electron chi connectivity index (χ1n) is 7.61. The van der Waals surface area contributed by atoms with Crippen LogP contribution in [0.15, 0.2) is 35.3 Å². The summed E-state index contributed by atoms with van der Waals surface area (Å²) < 4.78 is 32.5. The Morgan fingerprint density at radius 3 is 2.52 bits per heavy atom. The number of alkyl halides is 2. The average molecular weight is 387 g/mol. The Morgan fingerprint density at radius 1 is 1.20 bits per heavy atom. The minimum absolute atomic E-state index is 0.0636. The molecule has 0 aliphatic rings. The van der Waals surface area contributed by atoms with Gasteiger partial charge < -0.3 is 9.64 Å². The molecule has 0 radical (unpaired) electrons. The summed E-state index contributed by atoms with van der Waals surface area (Å²) in [5.74, 6) is 0.395. The van der Waals surface area contributed by atoms with E-state index in [1.807, 2.05) is 18.9 Å². The SMILES string of the molecule is CCN(C)C=Nc1cc(C(F)F)c(Oc2ccc(Cl)c(Cl)c2)cc1C. The normalized spacial score (nSPS) is 11.4. The average Bonchev–Trinajstić information content (AvgIpc) is 2.56. The van der Waals surface area contributed by atoms with E-state index >= 15 is 0 Å². The molecule has 2 rings (SSSR count). The molecule has 0 spiro atoms. The van der Waals surface area contributed by atoms with Gasteiger partial charge >= 0.3 is 0 Å². The van der Waals surface area contributed by atoms with Crippen LogP contribution in [0, 0.1) is 6.92 Å². The fraction of sp³-hybridized carbons (Fsp3) is 0.278. The predicted molar refractivity (Wildman–Crippen MR) is 99.1 cm³/mol. The standard InChI is InChI=1S/C18H18Cl2F2N2O/c1-4-24(3)10-23-16-9-13(18(21)22)17(7-11(16)2)25-12-5-6-14(19)15(20)8-12/h5-10,18H,4H2,1-3H3. The molecule has 0 fully saturated rings. The maximum absolute atomic E-state index is 13.5. The van der Waals surface area contributed by atoms with Gasteiger partial charge in [-0.05, 0) is 43.7 Å². The molecule has 2 aromatic carbocycles. The predicted octanol–water partition coefficient (Wildman–Crippen LogP) is 6.64. The summed E-state index contributed by atoms with van der Waals surface area (Å²) in [7, 11) is 1.86. The van der Waals surface area contributed by atoms with Gasteiger partial charge in [-0.1, -0.05) is 23.2 Å². The van der Waals surface area contributed by atoms with E-state index in [4.69, 9.17) is 27.9 Å². The van der Waals surface area contributed by atoms with Gasteiger partial charge in [0.15, 0.2) is 0 Å². The molecule has 0 saturated carbocycles. The van der Waals surface area contributed by atoms with Crippen molar-refractivity contribution in [3.8, 4) is 11.5 Å². The summed E-state index contributed by atoms with van der Waals surface area (Å²) in [6.07, 6.45) is -1.09. The van der Waals surface area contributed by atoms with Crippen LogP contribution in [0.5, 0.6) is 11.5 Å². The number of hydrogen-bond donors (Lipinski definition) is 0. The molecule has 2 aromatic rings. The van der Waals surface area contributed by atoms with Gasteiger partial charge in [0, 0.05) is 19.7 Å². The number of halogens is 4. The van der Waals surface area contributed by atoms with Crippen molar-refractivity contribution in [3.63, 3.8) is 0 Å². The second-order valence-electron chi connectivity index (χ2n) is 5.47. The summed E-state index contributed by atoms with van der Waals surface area (Å²) in [6.45, 7) is 4.52. The lowest BCUT2D eigenvalue weighted by Crippen LogP contribution is -2.14. The number of hydrogen-bond acceptors (Lipinski definition) is 2. The van der Waals surface area contributed by atoms with Crippen molar-refractivity contribution in [1.29, 1.82) is 0 Å². The van der Waals surface area contributed by atoms with Crippen LogP contribution in [-0.4, -0.2) is 24.8 Å². The van der Waals surface area contributed by atoms with E-state index in [-0.39, 0.29) is 11.3 Å². The van der Waals surface area contributed by atoms with Crippen LogP contribution in [0.25, 0.3) is 0 Å². The maximum Gasteiger partial charge on any atom is 0.267 e. The molecule has 25 heavy (non-hydrogen) atoms. The van der Waals surface area contributed by atoms with Gasteiger partial charge in [-0.2, -0.15) is 0 Å². The highest BCUT2D eigenvalue weighted by Crippen LogP contribution is 2.38. The number of benzene rings is 2. The Bertz CT molecular complexity index is 782. The van der Waals surface area contributed by atoms with Crippen LogP contribution >= 0.6 is 23.2 Å². The van der Waals surface area contributed by atoms with E-state index < -0.39 is 6.43 Å². The molecular weight excluding hydrogens is 369 g/mol. The number of ether oxygens (including phenoxy) is 1. The Labute approximate surface area is 155 Å². The van der Waals surface area contributed by atoms with Crippen molar-refractivity contribution in [2.45, 2.75) is 20.3 Å². The lowest BCUT2D eigenvalue weighted by atomic mass is 10.1. The van der Waals surface area contributed by atoms with Gasteiger partial charge in [0.25, 0.3) is 6.43 Å². The second-order valence-corrected chi connectivity index (χ2v) is 6.29. The van der Waals surface area contributed by atoms with E-state index in [1.165, 1.54) is 12.1 Å². The first-order valence-corrected chi connectivity index (χ1v) is 8.37. The molecule has 0 heterocycles. The van der Waals surface area contributed by atoms with Crippen molar-refractivity contribution in [2.24, 2.45) is 4.99 Å². The van der Waals surface area contributed by atoms with Crippen LogP contribution in [-0.2, 0) is 0 Å².